The Hall–Kier alpha value is -0.860. The maximum Gasteiger partial charge on any atom is 0.239 e. The van der Waals surface area contributed by atoms with Gasteiger partial charge in [0.2, 0.25) is 5.91 Å². The molecule has 3 nitrogen and oxygen atoms in total. The molecule has 0 unspecified atom stereocenters. The van der Waals surface area contributed by atoms with Crippen LogP contribution in [0.2, 0.25) is 0 Å². The molecule has 0 aliphatic heterocycles. The summed E-state index contributed by atoms with van der Waals surface area (Å²) in [5.41, 5.74) is -1.12. The highest BCUT2D eigenvalue weighted by Gasteiger charge is 2.30. The molecule has 1 aromatic rings. The average Bonchev–Trinajstić information content (AvgIpc) is 2.73. The van der Waals surface area contributed by atoms with Gasteiger partial charge in [-0.05, 0) is 35.8 Å². The van der Waals surface area contributed by atoms with Gasteiger partial charge in [0.05, 0.1) is 6.07 Å². The molecule has 0 aromatic carbocycles. The van der Waals surface area contributed by atoms with Gasteiger partial charge in [0, 0.05) is 26.7 Å². The monoisotopic (exact) mass is 328 g/mol. The van der Waals surface area contributed by atoms with Crippen LogP contribution in [0.5, 0.6) is 0 Å². The first-order valence-corrected chi connectivity index (χ1v) is 7.30. The first-order chi connectivity index (χ1) is 8.19. The Kier molecular flexibility index (Phi) is 4.57. The summed E-state index contributed by atoms with van der Waals surface area (Å²) in [5, 5.41) is 13.8. The van der Waals surface area contributed by atoms with Gasteiger partial charge in [-0.25, -0.2) is 0 Å². The van der Waals surface area contributed by atoms with Gasteiger partial charge in [0.15, 0.2) is 0 Å². The maximum atomic E-state index is 11.8. The van der Waals surface area contributed by atoms with Crippen LogP contribution in [0.15, 0.2) is 15.9 Å². The van der Waals surface area contributed by atoms with Gasteiger partial charge in [-0.15, -0.1) is 11.3 Å². The third-order valence-electron chi connectivity index (χ3n) is 2.77. The summed E-state index contributed by atoms with van der Waals surface area (Å²) in [4.78, 5) is 13.0. The number of amides is 1. The van der Waals surface area contributed by atoms with Crippen molar-refractivity contribution in [1.82, 2.24) is 5.32 Å². The van der Waals surface area contributed by atoms with Crippen LogP contribution in [0.3, 0.4) is 0 Å². The lowest BCUT2D eigenvalue weighted by atomic mass is 9.89. The number of carbonyl (C=O) groups is 1. The highest BCUT2D eigenvalue weighted by molar-refractivity contribution is 9.10. The number of hydrogen-bond acceptors (Lipinski definition) is 3. The molecule has 0 bridgehead atoms. The van der Waals surface area contributed by atoms with E-state index < -0.39 is 5.41 Å². The average molecular weight is 329 g/mol. The Balaban J connectivity index is 2.69. The van der Waals surface area contributed by atoms with Gasteiger partial charge in [-0.1, -0.05) is 13.8 Å². The Morgan fingerprint density at radius 3 is 2.56 bits per heavy atom. The molecule has 5 heteroatoms. The van der Waals surface area contributed by atoms with Crippen LogP contribution in [0.1, 0.15) is 32.6 Å². The highest BCUT2D eigenvalue weighted by Crippen LogP contribution is 2.31. The lowest BCUT2D eigenvalue weighted by Crippen LogP contribution is -2.42. The standard InChI is InChI=1S/C13H17BrN2OS/c1-12(2,7-15)11(17)16-8-13(3,4)10-5-9(14)6-18-10/h5-6H,8H2,1-4H3,(H,16,17). The summed E-state index contributed by atoms with van der Waals surface area (Å²) in [5.74, 6) is -0.228. The molecule has 0 aliphatic carbocycles. The van der Waals surface area contributed by atoms with E-state index in [0.717, 1.165) is 4.47 Å². The van der Waals surface area contributed by atoms with Gasteiger partial charge in [0.1, 0.15) is 5.41 Å². The van der Waals surface area contributed by atoms with Crippen molar-refractivity contribution in [3.8, 4) is 6.07 Å². The lowest BCUT2D eigenvalue weighted by molar-refractivity contribution is -0.127. The normalized spacial score (nSPS) is 12.0. The second-order valence-corrected chi connectivity index (χ2v) is 7.26. The van der Waals surface area contributed by atoms with Crippen molar-refractivity contribution in [2.45, 2.75) is 33.1 Å². The first kappa shape index (κ1) is 15.2. The fraction of sp³-hybridized carbons (Fsp3) is 0.538. The molecule has 1 amide bonds. The molecule has 0 radical (unpaired) electrons. The summed E-state index contributed by atoms with van der Waals surface area (Å²) in [6.45, 7) is 7.91. The number of hydrogen-bond donors (Lipinski definition) is 1. The zero-order chi connectivity index (χ0) is 14.0. The van der Waals surface area contributed by atoms with Crippen molar-refractivity contribution in [1.29, 1.82) is 5.26 Å². The van der Waals surface area contributed by atoms with E-state index in [9.17, 15) is 4.79 Å². The largest absolute Gasteiger partial charge is 0.354 e. The SMILES string of the molecule is CC(C)(C#N)C(=O)NCC(C)(C)c1cc(Br)cs1. The van der Waals surface area contributed by atoms with Gasteiger partial charge < -0.3 is 5.32 Å². The first-order valence-electron chi connectivity index (χ1n) is 5.63. The molecule has 0 saturated carbocycles. The van der Waals surface area contributed by atoms with E-state index in [2.05, 4.69) is 41.2 Å². The van der Waals surface area contributed by atoms with Gasteiger partial charge in [-0.3, -0.25) is 4.79 Å². The molecule has 1 N–H and O–H groups in total. The van der Waals surface area contributed by atoms with Crippen molar-refractivity contribution < 1.29 is 4.79 Å². The summed E-state index contributed by atoms with van der Waals surface area (Å²) in [7, 11) is 0. The number of nitriles is 1. The predicted octanol–water partition coefficient (Wildman–Crippen LogP) is 3.45. The Labute approximate surface area is 120 Å². The molecule has 1 aromatic heterocycles. The number of nitrogens with one attached hydrogen (secondary N) is 1. The van der Waals surface area contributed by atoms with Crippen molar-refractivity contribution >= 4 is 33.2 Å². The summed E-state index contributed by atoms with van der Waals surface area (Å²) < 4.78 is 1.05. The molecule has 0 spiro atoms. The fourth-order valence-electron chi connectivity index (χ4n) is 1.33. The molecule has 0 aliphatic rings. The number of carbonyl (C=O) groups excluding carboxylic acids is 1. The molecular weight excluding hydrogens is 312 g/mol. The lowest BCUT2D eigenvalue weighted by Gasteiger charge is -2.25. The minimum Gasteiger partial charge on any atom is -0.354 e. The van der Waals surface area contributed by atoms with Crippen LogP contribution in [0.4, 0.5) is 0 Å². The van der Waals surface area contributed by atoms with Crippen LogP contribution in [-0.2, 0) is 10.2 Å². The summed E-state index contributed by atoms with van der Waals surface area (Å²) in [6.07, 6.45) is 0. The molecule has 0 atom stereocenters. The van der Waals surface area contributed by atoms with Crippen molar-refractivity contribution in [3.05, 3.63) is 20.8 Å². The zero-order valence-corrected chi connectivity index (χ0v) is 13.4. The smallest absolute Gasteiger partial charge is 0.239 e. The van der Waals surface area contributed by atoms with E-state index in [4.69, 9.17) is 5.26 Å². The number of nitrogens with zero attached hydrogens (tertiary/aromatic N) is 1. The minimum absolute atomic E-state index is 0.141. The van der Waals surface area contributed by atoms with Crippen LogP contribution >= 0.6 is 27.3 Å². The molecular formula is C13H17BrN2OS. The molecule has 18 heavy (non-hydrogen) atoms. The van der Waals surface area contributed by atoms with Crippen molar-refractivity contribution in [3.63, 3.8) is 0 Å². The highest BCUT2D eigenvalue weighted by atomic mass is 79.9. The number of halogens is 1. The number of thiophene rings is 1. The topological polar surface area (TPSA) is 52.9 Å². The van der Waals surface area contributed by atoms with Crippen LogP contribution < -0.4 is 5.32 Å². The Morgan fingerprint density at radius 1 is 1.50 bits per heavy atom. The van der Waals surface area contributed by atoms with E-state index in [1.165, 1.54) is 4.88 Å². The molecule has 1 rings (SSSR count). The van der Waals surface area contributed by atoms with Crippen LogP contribution in [0.25, 0.3) is 0 Å². The maximum absolute atomic E-state index is 11.8. The van der Waals surface area contributed by atoms with Gasteiger partial charge in [-0.2, -0.15) is 5.26 Å². The Morgan fingerprint density at radius 2 is 2.11 bits per heavy atom. The summed E-state index contributed by atoms with van der Waals surface area (Å²) >= 11 is 5.09. The zero-order valence-electron chi connectivity index (χ0n) is 11.0. The van der Waals surface area contributed by atoms with E-state index in [0.29, 0.717) is 6.54 Å². The third kappa shape index (κ3) is 3.56. The Bertz CT molecular complexity index is 485. The van der Waals surface area contributed by atoms with E-state index >= 15 is 0 Å². The van der Waals surface area contributed by atoms with E-state index in [1.54, 1.807) is 25.2 Å². The van der Waals surface area contributed by atoms with E-state index in [1.807, 2.05) is 11.4 Å². The van der Waals surface area contributed by atoms with Crippen LogP contribution in [0, 0.1) is 16.7 Å². The molecule has 0 fully saturated rings. The van der Waals surface area contributed by atoms with Crippen molar-refractivity contribution in [2.75, 3.05) is 6.54 Å². The van der Waals surface area contributed by atoms with Gasteiger partial charge >= 0.3 is 0 Å². The van der Waals surface area contributed by atoms with E-state index in [-0.39, 0.29) is 11.3 Å². The molecule has 0 saturated heterocycles. The molecule has 98 valence electrons. The second-order valence-electron chi connectivity index (χ2n) is 5.43. The minimum atomic E-state index is -0.980. The second kappa shape index (κ2) is 5.41. The van der Waals surface area contributed by atoms with Crippen molar-refractivity contribution in [2.24, 2.45) is 5.41 Å². The predicted molar refractivity (Wildman–Crippen MR) is 77.4 cm³/mol. The molecule has 1 heterocycles. The third-order valence-corrected chi connectivity index (χ3v) is 4.83. The summed E-state index contributed by atoms with van der Waals surface area (Å²) in [6, 6.07) is 4.07. The number of rotatable bonds is 4. The van der Waals surface area contributed by atoms with Crippen LogP contribution in [-0.4, -0.2) is 12.5 Å². The van der Waals surface area contributed by atoms with Gasteiger partial charge in [0.25, 0.3) is 0 Å². The fourth-order valence-corrected chi connectivity index (χ4v) is 2.88. The quantitative estimate of drug-likeness (QED) is 0.920.